The van der Waals surface area contributed by atoms with Crippen molar-refractivity contribution in [3.05, 3.63) is 92.6 Å². The van der Waals surface area contributed by atoms with Gasteiger partial charge in [-0.25, -0.2) is 4.39 Å². The largest absolute Gasteiger partial charge is 0.397 e. The van der Waals surface area contributed by atoms with E-state index < -0.39 is 5.82 Å². The molecular weight excluding hydrogens is 375 g/mol. The molecule has 0 aliphatic heterocycles. The second-order valence-corrected chi connectivity index (χ2v) is 6.08. The Kier molecular flexibility index (Phi) is 4.31. The topological polar surface area (TPSA) is 65.1 Å². The summed E-state index contributed by atoms with van der Waals surface area (Å²) in [6.07, 6.45) is 1.44. The molecule has 0 saturated carbocycles. The second kappa shape index (κ2) is 6.41. The molecule has 0 unspecified atom stereocenters. The van der Waals surface area contributed by atoms with Crippen molar-refractivity contribution in [2.24, 2.45) is 0 Å². The minimum absolute atomic E-state index is 0.306. The third kappa shape index (κ3) is 3.14. The Hall–Kier alpha value is -2.73. The molecule has 6 heteroatoms. The monoisotopic (exact) mass is 386 g/mol. The van der Waals surface area contributed by atoms with Crippen molar-refractivity contribution in [1.82, 2.24) is 4.57 Å². The van der Waals surface area contributed by atoms with Gasteiger partial charge in [0.05, 0.1) is 11.4 Å². The first kappa shape index (κ1) is 16.1. The van der Waals surface area contributed by atoms with Gasteiger partial charge in [0.1, 0.15) is 5.82 Å². The number of rotatable bonds is 3. The molecule has 0 aliphatic carbocycles. The zero-order valence-electron chi connectivity index (χ0n) is 12.4. The van der Waals surface area contributed by atoms with Crippen LogP contribution in [0.4, 0.5) is 10.1 Å². The smallest absolute Gasteiger partial charge is 0.255 e. The van der Waals surface area contributed by atoms with Gasteiger partial charge in [-0.05, 0) is 48.5 Å². The number of nitrogen functional groups attached to an aromatic ring is 1. The summed E-state index contributed by atoms with van der Waals surface area (Å²) in [5.74, 6) is -0.724. The maximum Gasteiger partial charge on any atom is 0.255 e. The van der Waals surface area contributed by atoms with Crippen LogP contribution < -0.4 is 11.3 Å². The highest BCUT2D eigenvalue weighted by Crippen LogP contribution is 2.21. The standard InChI is InChI=1S/C18H12BrFN2O2/c19-13-4-7-16(15(21)9-13)22-10-12(3-8-17(22)23)18(24)11-1-5-14(20)6-2-11/h1-10H,21H2. The number of ketones is 1. The van der Waals surface area contributed by atoms with Crippen LogP contribution in [0.2, 0.25) is 0 Å². The zero-order chi connectivity index (χ0) is 17.3. The first-order valence-electron chi connectivity index (χ1n) is 7.04. The van der Waals surface area contributed by atoms with Gasteiger partial charge in [0.2, 0.25) is 0 Å². The van der Waals surface area contributed by atoms with Crippen molar-refractivity contribution >= 4 is 27.4 Å². The van der Waals surface area contributed by atoms with E-state index in [4.69, 9.17) is 5.73 Å². The Morgan fingerprint density at radius 3 is 2.33 bits per heavy atom. The van der Waals surface area contributed by atoms with Crippen LogP contribution in [0.25, 0.3) is 5.69 Å². The molecular formula is C18H12BrFN2O2. The lowest BCUT2D eigenvalue weighted by Gasteiger charge is -2.11. The number of carbonyl (C=O) groups is 1. The lowest BCUT2D eigenvalue weighted by atomic mass is 10.0. The molecule has 0 saturated heterocycles. The number of pyridine rings is 1. The molecule has 120 valence electrons. The average Bonchev–Trinajstić information content (AvgIpc) is 2.56. The third-order valence-electron chi connectivity index (χ3n) is 3.53. The van der Waals surface area contributed by atoms with E-state index >= 15 is 0 Å². The molecule has 4 nitrogen and oxygen atoms in total. The van der Waals surface area contributed by atoms with Crippen LogP contribution in [0.15, 0.2) is 70.1 Å². The molecule has 0 radical (unpaired) electrons. The Labute approximate surface area is 145 Å². The van der Waals surface area contributed by atoms with Crippen LogP contribution in [0.1, 0.15) is 15.9 Å². The Balaban J connectivity index is 2.07. The van der Waals surface area contributed by atoms with Gasteiger partial charge in [-0.1, -0.05) is 15.9 Å². The zero-order valence-corrected chi connectivity index (χ0v) is 14.0. The van der Waals surface area contributed by atoms with Crippen molar-refractivity contribution in [3.8, 4) is 5.69 Å². The normalized spacial score (nSPS) is 10.6. The third-order valence-corrected chi connectivity index (χ3v) is 4.02. The molecule has 0 aliphatic rings. The fourth-order valence-corrected chi connectivity index (χ4v) is 2.70. The summed E-state index contributed by atoms with van der Waals surface area (Å²) < 4.78 is 15.1. The van der Waals surface area contributed by atoms with Gasteiger partial charge >= 0.3 is 0 Å². The summed E-state index contributed by atoms with van der Waals surface area (Å²) in [7, 11) is 0. The first-order chi connectivity index (χ1) is 11.5. The van der Waals surface area contributed by atoms with Gasteiger partial charge in [0.15, 0.2) is 5.78 Å². The number of anilines is 1. The van der Waals surface area contributed by atoms with Crippen LogP contribution in [-0.4, -0.2) is 10.4 Å². The molecule has 1 heterocycles. The summed E-state index contributed by atoms with van der Waals surface area (Å²) in [6.45, 7) is 0. The quantitative estimate of drug-likeness (QED) is 0.552. The van der Waals surface area contributed by atoms with Crippen molar-refractivity contribution in [1.29, 1.82) is 0 Å². The van der Waals surface area contributed by atoms with Crippen LogP contribution in [0.5, 0.6) is 0 Å². The fraction of sp³-hybridized carbons (Fsp3) is 0. The molecule has 0 fully saturated rings. The van der Waals surface area contributed by atoms with E-state index in [1.165, 1.54) is 47.2 Å². The molecule has 2 N–H and O–H groups in total. The summed E-state index contributed by atoms with van der Waals surface area (Å²) in [5.41, 5.74) is 7.19. The van der Waals surface area contributed by atoms with Gasteiger partial charge in [-0.2, -0.15) is 0 Å². The van der Waals surface area contributed by atoms with E-state index in [0.29, 0.717) is 22.5 Å². The molecule has 3 rings (SSSR count). The lowest BCUT2D eigenvalue weighted by Crippen LogP contribution is -2.19. The SMILES string of the molecule is Nc1cc(Br)ccc1-n1cc(C(=O)c2ccc(F)cc2)ccc1=O. The molecule has 2 aromatic carbocycles. The minimum atomic E-state index is -0.417. The highest BCUT2D eigenvalue weighted by atomic mass is 79.9. The van der Waals surface area contributed by atoms with Crippen molar-refractivity contribution in [3.63, 3.8) is 0 Å². The van der Waals surface area contributed by atoms with Crippen LogP contribution in [-0.2, 0) is 0 Å². The van der Waals surface area contributed by atoms with E-state index in [2.05, 4.69) is 15.9 Å². The lowest BCUT2D eigenvalue weighted by molar-refractivity contribution is 0.103. The Morgan fingerprint density at radius 2 is 1.67 bits per heavy atom. The van der Waals surface area contributed by atoms with Gasteiger partial charge < -0.3 is 5.73 Å². The van der Waals surface area contributed by atoms with E-state index in [1.54, 1.807) is 18.2 Å². The average molecular weight is 387 g/mol. The number of carbonyl (C=O) groups excluding carboxylic acids is 1. The summed E-state index contributed by atoms with van der Waals surface area (Å²) in [6, 6.07) is 13.1. The first-order valence-corrected chi connectivity index (χ1v) is 7.83. The van der Waals surface area contributed by atoms with Crippen molar-refractivity contribution < 1.29 is 9.18 Å². The number of benzene rings is 2. The minimum Gasteiger partial charge on any atom is -0.397 e. The van der Waals surface area contributed by atoms with Crippen LogP contribution in [0.3, 0.4) is 0 Å². The maximum atomic E-state index is 13.0. The summed E-state index contributed by atoms with van der Waals surface area (Å²) >= 11 is 3.31. The second-order valence-electron chi connectivity index (χ2n) is 5.17. The van der Waals surface area contributed by atoms with Gasteiger partial charge in [0.25, 0.3) is 5.56 Å². The van der Waals surface area contributed by atoms with E-state index in [-0.39, 0.29) is 11.3 Å². The number of halogens is 2. The highest BCUT2D eigenvalue weighted by Gasteiger charge is 2.12. The summed E-state index contributed by atoms with van der Waals surface area (Å²) in [4.78, 5) is 24.7. The molecule has 1 aromatic heterocycles. The summed E-state index contributed by atoms with van der Waals surface area (Å²) in [5, 5.41) is 0. The molecule has 3 aromatic rings. The van der Waals surface area contributed by atoms with Crippen molar-refractivity contribution in [2.45, 2.75) is 0 Å². The fourth-order valence-electron chi connectivity index (χ4n) is 2.32. The molecule has 24 heavy (non-hydrogen) atoms. The molecule has 0 bridgehead atoms. The van der Waals surface area contributed by atoms with Gasteiger partial charge in [0, 0.05) is 27.9 Å². The number of aromatic nitrogens is 1. The molecule has 0 spiro atoms. The maximum absolute atomic E-state index is 13.0. The van der Waals surface area contributed by atoms with Gasteiger partial charge in [-0.3, -0.25) is 14.2 Å². The van der Waals surface area contributed by atoms with Gasteiger partial charge in [-0.15, -0.1) is 0 Å². The van der Waals surface area contributed by atoms with Crippen molar-refractivity contribution in [2.75, 3.05) is 5.73 Å². The van der Waals surface area contributed by atoms with E-state index in [1.807, 2.05) is 0 Å². The molecule has 0 amide bonds. The number of hydrogen-bond donors (Lipinski definition) is 1. The number of nitrogens with zero attached hydrogens (tertiary/aromatic N) is 1. The van der Waals surface area contributed by atoms with Crippen LogP contribution in [0, 0.1) is 5.82 Å². The molecule has 0 atom stereocenters. The van der Waals surface area contributed by atoms with Crippen LogP contribution >= 0.6 is 15.9 Å². The Morgan fingerprint density at radius 1 is 1.00 bits per heavy atom. The van der Waals surface area contributed by atoms with E-state index in [0.717, 1.165) is 4.47 Å². The predicted molar refractivity (Wildman–Crippen MR) is 94.0 cm³/mol. The predicted octanol–water partition coefficient (Wildman–Crippen LogP) is 3.55. The number of hydrogen-bond acceptors (Lipinski definition) is 3. The van der Waals surface area contributed by atoms with E-state index in [9.17, 15) is 14.0 Å². The Bertz CT molecular complexity index is 981. The number of nitrogens with two attached hydrogens (primary N) is 1. The highest BCUT2D eigenvalue weighted by molar-refractivity contribution is 9.10.